The highest BCUT2D eigenvalue weighted by atomic mass is 32.2. The molecule has 1 amide bonds. The van der Waals surface area contributed by atoms with Crippen LogP contribution in [-0.2, 0) is 9.63 Å². The second-order valence-electron chi connectivity index (χ2n) is 3.40. The van der Waals surface area contributed by atoms with Gasteiger partial charge in [0.15, 0.2) is 0 Å². The average molecular weight is 241 g/mol. The van der Waals surface area contributed by atoms with Gasteiger partial charge in [0.05, 0.1) is 18.9 Å². The van der Waals surface area contributed by atoms with E-state index < -0.39 is 0 Å². The van der Waals surface area contributed by atoms with Gasteiger partial charge < -0.3 is 0 Å². The Morgan fingerprint density at radius 1 is 1.50 bits per heavy atom. The lowest BCUT2D eigenvalue weighted by molar-refractivity contribution is -0.165. The monoisotopic (exact) mass is 241 g/mol. The van der Waals surface area contributed by atoms with Gasteiger partial charge in [0.25, 0.3) is 5.91 Å². The lowest BCUT2D eigenvalue weighted by Crippen LogP contribution is -2.28. The Morgan fingerprint density at radius 3 is 3.00 bits per heavy atom. The molecule has 1 saturated heterocycles. The van der Waals surface area contributed by atoms with Gasteiger partial charge in [0.2, 0.25) is 0 Å². The topological polar surface area (TPSA) is 29.5 Å². The van der Waals surface area contributed by atoms with E-state index >= 15 is 0 Å². The van der Waals surface area contributed by atoms with Gasteiger partial charge in [-0.1, -0.05) is 12.1 Å². The summed E-state index contributed by atoms with van der Waals surface area (Å²) < 4.78 is 13.2. The van der Waals surface area contributed by atoms with Crippen molar-refractivity contribution in [2.45, 2.75) is 11.3 Å². The first kappa shape index (κ1) is 11.4. The van der Waals surface area contributed by atoms with Crippen LogP contribution in [0.3, 0.4) is 0 Å². The second-order valence-corrected chi connectivity index (χ2v) is 4.42. The molecule has 1 aromatic carbocycles. The minimum absolute atomic E-state index is 0.106. The number of nitrogens with zero attached hydrogens (tertiary/aromatic N) is 1. The van der Waals surface area contributed by atoms with Gasteiger partial charge in [-0.15, -0.1) is 11.8 Å². The molecule has 0 aromatic heterocycles. The van der Waals surface area contributed by atoms with E-state index in [0.717, 1.165) is 6.42 Å². The summed E-state index contributed by atoms with van der Waals surface area (Å²) in [5.41, 5.74) is 0. The zero-order chi connectivity index (χ0) is 11.4. The third-order valence-corrected chi connectivity index (χ3v) is 3.25. The summed E-state index contributed by atoms with van der Waals surface area (Å²) in [6, 6.07) is 6.43. The highest BCUT2D eigenvalue weighted by Gasteiger charge is 2.19. The number of hydrogen-bond acceptors (Lipinski definition) is 3. The fourth-order valence-electron chi connectivity index (χ4n) is 1.42. The third-order valence-electron chi connectivity index (χ3n) is 2.22. The number of thioether (sulfide) groups is 1. The van der Waals surface area contributed by atoms with E-state index in [4.69, 9.17) is 4.84 Å². The van der Waals surface area contributed by atoms with Crippen molar-refractivity contribution in [2.24, 2.45) is 0 Å². The molecule has 0 spiro atoms. The molecule has 1 aromatic rings. The van der Waals surface area contributed by atoms with Crippen LogP contribution >= 0.6 is 11.8 Å². The first-order valence-corrected chi connectivity index (χ1v) is 6.06. The molecule has 16 heavy (non-hydrogen) atoms. The summed E-state index contributed by atoms with van der Waals surface area (Å²) >= 11 is 1.20. The van der Waals surface area contributed by atoms with Gasteiger partial charge in [-0.05, 0) is 18.6 Å². The number of rotatable bonds is 3. The lowest BCUT2D eigenvalue weighted by atomic mass is 10.3. The Morgan fingerprint density at radius 2 is 2.31 bits per heavy atom. The van der Waals surface area contributed by atoms with Gasteiger partial charge in [-0.3, -0.25) is 9.63 Å². The molecule has 0 radical (unpaired) electrons. The van der Waals surface area contributed by atoms with E-state index in [1.807, 2.05) is 0 Å². The molecule has 0 saturated carbocycles. The van der Waals surface area contributed by atoms with Crippen LogP contribution < -0.4 is 0 Å². The molecule has 0 N–H and O–H groups in total. The zero-order valence-corrected chi connectivity index (χ0v) is 9.50. The third kappa shape index (κ3) is 2.74. The Hall–Kier alpha value is -1.07. The minimum Gasteiger partial charge on any atom is -0.272 e. The van der Waals surface area contributed by atoms with Crippen LogP contribution in [0.4, 0.5) is 4.39 Å². The van der Waals surface area contributed by atoms with Crippen molar-refractivity contribution in [3.63, 3.8) is 0 Å². The molecule has 0 aliphatic carbocycles. The molecule has 0 unspecified atom stereocenters. The van der Waals surface area contributed by atoms with Crippen molar-refractivity contribution in [3.8, 4) is 0 Å². The summed E-state index contributed by atoms with van der Waals surface area (Å²) in [6.07, 6.45) is 0.871. The summed E-state index contributed by atoms with van der Waals surface area (Å²) in [6.45, 7) is 1.23. The normalized spacial score (nSPS) is 15.4. The van der Waals surface area contributed by atoms with Crippen LogP contribution in [0.5, 0.6) is 0 Å². The average Bonchev–Trinajstić information content (AvgIpc) is 2.81. The maximum atomic E-state index is 13.2. The Bertz CT molecular complexity index is 380. The summed E-state index contributed by atoms with van der Waals surface area (Å²) in [5.74, 6) is -0.186. The van der Waals surface area contributed by atoms with Crippen LogP contribution in [0.25, 0.3) is 0 Å². The highest BCUT2D eigenvalue weighted by Crippen LogP contribution is 2.21. The number of hydroxylamine groups is 2. The van der Waals surface area contributed by atoms with Crippen molar-refractivity contribution in [1.29, 1.82) is 0 Å². The fraction of sp³-hybridized carbons (Fsp3) is 0.364. The largest absolute Gasteiger partial charge is 0.272 e. The molecule has 2 rings (SSSR count). The van der Waals surface area contributed by atoms with Crippen molar-refractivity contribution in [2.75, 3.05) is 18.9 Å². The molecule has 1 fully saturated rings. The molecule has 0 atom stereocenters. The van der Waals surface area contributed by atoms with Gasteiger partial charge in [0, 0.05) is 4.90 Å². The molecule has 1 aliphatic rings. The maximum absolute atomic E-state index is 13.2. The molecule has 86 valence electrons. The SMILES string of the molecule is O=C(CSc1ccccc1F)N1CCCO1. The van der Waals surface area contributed by atoms with Crippen molar-refractivity contribution in [3.05, 3.63) is 30.1 Å². The first-order chi connectivity index (χ1) is 7.77. The molecular formula is C11H12FNO2S. The second kappa shape index (κ2) is 5.32. The molecule has 3 nitrogen and oxygen atoms in total. The number of carbonyl (C=O) groups excluding carboxylic acids is 1. The Labute approximate surface area is 97.5 Å². The summed E-state index contributed by atoms with van der Waals surface area (Å²) in [4.78, 5) is 17.2. The zero-order valence-electron chi connectivity index (χ0n) is 8.69. The molecule has 1 aliphatic heterocycles. The standard InChI is InChI=1S/C11H12FNO2S/c12-9-4-1-2-5-10(9)16-8-11(14)13-6-3-7-15-13/h1-2,4-5H,3,6-8H2. The van der Waals surface area contributed by atoms with Crippen molar-refractivity contribution >= 4 is 17.7 Å². The van der Waals surface area contributed by atoms with E-state index in [-0.39, 0.29) is 17.5 Å². The van der Waals surface area contributed by atoms with Crippen LogP contribution in [0.2, 0.25) is 0 Å². The van der Waals surface area contributed by atoms with Crippen LogP contribution in [0, 0.1) is 5.82 Å². The smallest absolute Gasteiger partial charge is 0.256 e. The predicted molar refractivity (Wildman–Crippen MR) is 59.4 cm³/mol. The molecule has 1 heterocycles. The van der Waals surface area contributed by atoms with E-state index in [9.17, 15) is 9.18 Å². The van der Waals surface area contributed by atoms with Gasteiger partial charge in [0.1, 0.15) is 5.82 Å². The van der Waals surface area contributed by atoms with Gasteiger partial charge in [-0.2, -0.15) is 0 Å². The van der Waals surface area contributed by atoms with Gasteiger partial charge in [-0.25, -0.2) is 9.45 Å². The van der Waals surface area contributed by atoms with Crippen molar-refractivity contribution in [1.82, 2.24) is 5.06 Å². The lowest BCUT2D eigenvalue weighted by Gasteiger charge is -2.13. The van der Waals surface area contributed by atoms with Crippen LogP contribution in [0.15, 0.2) is 29.2 Å². The Balaban J connectivity index is 1.87. The Kier molecular flexibility index (Phi) is 3.79. The highest BCUT2D eigenvalue weighted by molar-refractivity contribution is 8.00. The summed E-state index contributed by atoms with van der Waals surface area (Å²) in [5, 5.41) is 1.36. The fourth-order valence-corrected chi connectivity index (χ4v) is 2.22. The number of benzene rings is 1. The first-order valence-electron chi connectivity index (χ1n) is 5.08. The number of amides is 1. The molecular weight excluding hydrogens is 229 g/mol. The van der Waals surface area contributed by atoms with Crippen molar-refractivity contribution < 1.29 is 14.0 Å². The van der Waals surface area contributed by atoms with E-state index in [2.05, 4.69) is 0 Å². The van der Waals surface area contributed by atoms with Gasteiger partial charge >= 0.3 is 0 Å². The van der Waals surface area contributed by atoms with E-state index in [0.29, 0.717) is 18.0 Å². The van der Waals surface area contributed by atoms with Crippen LogP contribution in [-0.4, -0.2) is 29.9 Å². The number of hydrogen-bond donors (Lipinski definition) is 0. The predicted octanol–water partition coefficient (Wildman–Crippen LogP) is 2.08. The summed E-state index contributed by atoms with van der Waals surface area (Å²) in [7, 11) is 0. The quantitative estimate of drug-likeness (QED) is 0.759. The number of carbonyl (C=O) groups is 1. The van der Waals surface area contributed by atoms with E-state index in [1.54, 1.807) is 18.2 Å². The number of halogens is 1. The maximum Gasteiger partial charge on any atom is 0.256 e. The van der Waals surface area contributed by atoms with Crippen LogP contribution in [0.1, 0.15) is 6.42 Å². The molecule has 5 heteroatoms. The van der Waals surface area contributed by atoms with E-state index in [1.165, 1.54) is 22.9 Å². The minimum atomic E-state index is -0.289. The molecule has 0 bridgehead atoms.